The molecule has 16 heavy (non-hydrogen) atoms. The molecule has 1 aromatic carbocycles. The van der Waals surface area contributed by atoms with Crippen molar-refractivity contribution in [1.82, 2.24) is 0 Å². The molecule has 0 fully saturated rings. The van der Waals surface area contributed by atoms with Gasteiger partial charge in [0.2, 0.25) is 0 Å². The summed E-state index contributed by atoms with van der Waals surface area (Å²) in [5.41, 5.74) is 0. The van der Waals surface area contributed by atoms with Crippen LogP contribution in [-0.2, 0) is 4.79 Å². The number of ketones is 1. The molecular formula is C14H22O2. The predicted octanol–water partition coefficient (Wildman–Crippen LogP) is 3.85. The fraction of sp³-hybridized carbons (Fsp3) is 0.500. The Balaban J connectivity index is 0.000000281. The normalized spacial score (nSPS) is 8.94. The fourth-order valence-corrected chi connectivity index (χ4v) is 1.18. The lowest BCUT2D eigenvalue weighted by molar-refractivity contribution is -0.117. The largest absolute Gasteiger partial charge is 0.497 e. The van der Waals surface area contributed by atoms with Gasteiger partial charge in [-0.25, -0.2) is 0 Å². The van der Waals surface area contributed by atoms with Gasteiger partial charge in [-0.15, -0.1) is 0 Å². The average molecular weight is 222 g/mol. The molecular weight excluding hydrogens is 200 g/mol. The van der Waals surface area contributed by atoms with Gasteiger partial charge in [0, 0.05) is 6.42 Å². The molecule has 0 aliphatic carbocycles. The smallest absolute Gasteiger partial charge is 0.129 e. The van der Waals surface area contributed by atoms with E-state index >= 15 is 0 Å². The van der Waals surface area contributed by atoms with Crippen molar-refractivity contribution < 1.29 is 9.53 Å². The van der Waals surface area contributed by atoms with Gasteiger partial charge in [-0.3, -0.25) is 0 Å². The lowest BCUT2D eigenvalue weighted by Gasteiger charge is -1.93. The van der Waals surface area contributed by atoms with Crippen molar-refractivity contribution in [3.05, 3.63) is 30.3 Å². The van der Waals surface area contributed by atoms with Crippen molar-refractivity contribution in [3.8, 4) is 5.75 Å². The van der Waals surface area contributed by atoms with Gasteiger partial charge >= 0.3 is 0 Å². The maximum atomic E-state index is 10.3. The van der Waals surface area contributed by atoms with Crippen LogP contribution in [0.25, 0.3) is 0 Å². The minimum atomic E-state index is 0.318. The molecule has 0 heterocycles. The van der Waals surface area contributed by atoms with Crippen LogP contribution >= 0.6 is 0 Å². The highest BCUT2D eigenvalue weighted by molar-refractivity contribution is 5.75. The van der Waals surface area contributed by atoms with Crippen LogP contribution in [0.4, 0.5) is 0 Å². The van der Waals surface area contributed by atoms with Gasteiger partial charge < -0.3 is 9.53 Å². The first kappa shape index (κ1) is 14.7. The summed E-state index contributed by atoms with van der Waals surface area (Å²) in [5, 5.41) is 0. The number of unbranched alkanes of at least 4 members (excludes halogenated alkanes) is 2. The number of carbonyl (C=O) groups excluding carboxylic acids is 1. The van der Waals surface area contributed by atoms with Crippen LogP contribution in [0.15, 0.2) is 30.3 Å². The highest BCUT2D eigenvalue weighted by atomic mass is 16.5. The van der Waals surface area contributed by atoms with Crippen LogP contribution in [0.5, 0.6) is 5.75 Å². The average Bonchev–Trinajstić information content (AvgIpc) is 2.31. The van der Waals surface area contributed by atoms with E-state index in [4.69, 9.17) is 4.74 Å². The Hall–Kier alpha value is -1.31. The Bertz CT molecular complexity index is 267. The summed E-state index contributed by atoms with van der Waals surface area (Å²) in [7, 11) is 1.66. The third-order valence-electron chi connectivity index (χ3n) is 2.11. The van der Waals surface area contributed by atoms with Crippen molar-refractivity contribution in [2.75, 3.05) is 7.11 Å². The van der Waals surface area contributed by atoms with Gasteiger partial charge in [0.15, 0.2) is 0 Å². The van der Waals surface area contributed by atoms with Crippen molar-refractivity contribution >= 4 is 5.78 Å². The second kappa shape index (κ2) is 10.2. The highest BCUT2D eigenvalue weighted by Gasteiger charge is 1.89. The number of hydrogen-bond acceptors (Lipinski definition) is 2. The van der Waals surface area contributed by atoms with E-state index in [1.54, 1.807) is 14.0 Å². The summed E-state index contributed by atoms with van der Waals surface area (Å²) in [6.07, 6.45) is 4.24. The van der Waals surface area contributed by atoms with Crippen LogP contribution < -0.4 is 4.74 Å². The molecule has 0 amide bonds. The number of methoxy groups -OCH3 is 1. The summed E-state index contributed by atoms with van der Waals surface area (Å²) in [6, 6.07) is 9.68. The van der Waals surface area contributed by atoms with Gasteiger partial charge in [-0.1, -0.05) is 38.0 Å². The molecule has 0 radical (unpaired) electrons. The SMILES string of the molecule is CCCCCC(C)=O.COc1ccccc1. The number of benzene rings is 1. The monoisotopic (exact) mass is 222 g/mol. The Kier molecular flexibility index (Phi) is 9.38. The molecule has 2 nitrogen and oxygen atoms in total. The molecule has 1 aromatic rings. The summed E-state index contributed by atoms with van der Waals surface area (Å²) >= 11 is 0. The minimum Gasteiger partial charge on any atom is -0.497 e. The van der Waals surface area contributed by atoms with Crippen LogP contribution in [0.3, 0.4) is 0 Å². The molecule has 0 aliphatic heterocycles. The van der Waals surface area contributed by atoms with E-state index in [0.29, 0.717) is 5.78 Å². The molecule has 0 bridgehead atoms. The van der Waals surface area contributed by atoms with Gasteiger partial charge in [-0.05, 0) is 25.5 Å². The predicted molar refractivity (Wildman–Crippen MR) is 67.8 cm³/mol. The number of para-hydroxylation sites is 1. The van der Waals surface area contributed by atoms with Crippen LogP contribution in [-0.4, -0.2) is 12.9 Å². The van der Waals surface area contributed by atoms with Crippen molar-refractivity contribution in [2.45, 2.75) is 39.5 Å². The van der Waals surface area contributed by atoms with Crippen LogP contribution in [0.2, 0.25) is 0 Å². The molecule has 0 aromatic heterocycles. The Morgan fingerprint density at radius 2 is 1.81 bits per heavy atom. The first-order valence-corrected chi connectivity index (χ1v) is 5.79. The first-order chi connectivity index (χ1) is 7.70. The number of ether oxygens (including phenoxy) is 1. The molecule has 0 saturated carbocycles. The number of carbonyl (C=O) groups is 1. The Labute approximate surface area is 98.6 Å². The number of Topliss-reactive ketones (excluding diaryl/α,β-unsaturated/α-hetero) is 1. The van der Waals surface area contributed by atoms with Gasteiger partial charge in [0.25, 0.3) is 0 Å². The minimum absolute atomic E-state index is 0.318. The molecule has 0 spiro atoms. The van der Waals surface area contributed by atoms with Crippen LogP contribution in [0, 0.1) is 0 Å². The maximum Gasteiger partial charge on any atom is 0.129 e. The lowest BCUT2D eigenvalue weighted by Crippen LogP contribution is -1.87. The van der Waals surface area contributed by atoms with Crippen molar-refractivity contribution in [2.24, 2.45) is 0 Å². The fourth-order valence-electron chi connectivity index (χ4n) is 1.18. The zero-order valence-electron chi connectivity index (χ0n) is 10.5. The lowest BCUT2D eigenvalue weighted by atomic mass is 10.2. The van der Waals surface area contributed by atoms with Crippen LogP contribution in [0.1, 0.15) is 39.5 Å². The summed E-state index contributed by atoms with van der Waals surface area (Å²) in [4.78, 5) is 10.3. The van der Waals surface area contributed by atoms with E-state index < -0.39 is 0 Å². The third-order valence-corrected chi connectivity index (χ3v) is 2.11. The zero-order valence-corrected chi connectivity index (χ0v) is 10.5. The van der Waals surface area contributed by atoms with Crippen molar-refractivity contribution in [3.63, 3.8) is 0 Å². The molecule has 0 N–H and O–H groups in total. The molecule has 0 unspecified atom stereocenters. The van der Waals surface area contributed by atoms with E-state index in [1.165, 1.54) is 12.8 Å². The quantitative estimate of drug-likeness (QED) is 0.707. The van der Waals surface area contributed by atoms with E-state index in [9.17, 15) is 4.79 Å². The summed E-state index contributed by atoms with van der Waals surface area (Å²) in [6.45, 7) is 3.79. The summed E-state index contributed by atoms with van der Waals surface area (Å²) in [5.74, 6) is 1.23. The topological polar surface area (TPSA) is 26.3 Å². The van der Waals surface area contributed by atoms with Gasteiger partial charge in [0.05, 0.1) is 7.11 Å². The molecule has 0 aliphatic rings. The van der Waals surface area contributed by atoms with E-state index in [1.807, 2.05) is 30.3 Å². The molecule has 0 atom stereocenters. The summed E-state index contributed by atoms with van der Waals surface area (Å²) < 4.78 is 4.91. The first-order valence-electron chi connectivity index (χ1n) is 5.79. The van der Waals surface area contributed by atoms with Gasteiger partial charge in [0.1, 0.15) is 11.5 Å². The third kappa shape index (κ3) is 9.25. The Morgan fingerprint density at radius 3 is 2.19 bits per heavy atom. The van der Waals surface area contributed by atoms with E-state index in [0.717, 1.165) is 18.6 Å². The second-order valence-corrected chi connectivity index (χ2v) is 3.68. The van der Waals surface area contributed by atoms with E-state index in [-0.39, 0.29) is 0 Å². The van der Waals surface area contributed by atoms with Gasteiger partial charge in [-0.2, -0.15) is 0 Å². The van der Waals surface area contributed by atoms with E-state index in [2.05, 4.69) is 6.92 Å². The Morgan fingerprint density at radius 1 is 1.19 bits per heavy atom. The maximum absolute atomic E-state index is 10.3. The second-order valence-electron chi connectivity index (χ2n) is 3.68. The molecule has 0 saturated heterocycles. The zero-order chi connectivity index (χ0) is 12.2. The highest BCUT2D eigenvalue weighted by Crippen LogP contribution is 2.05. The molecule has 90 valence electrons. The standard InChI is InChI=1S/C7H8O.C7H14O/c1-8-7-5-3-2-4-6-7;1-3-4-5-6-7(2)8/h2-6H,1H3;3-6H2,1-2H3. The van der Waals surface area contributed by atoms with Crippen molar-refractivity contribution in [1.29, 1.82) is 0 Å². The number of rotatable bonds is 5. The number of hydrogen-bond donors (Lipinski definition) is 0. The molecule has 1 rings (SSSR count). The molecule has 2 heteroatoms.